The van der Waals surface area contributed by atoms with Gasteiger partial charge < -0.3 is 15.4 Å². The van der Waals surface area contributed by atoms with Crippen LogP contribution in [0.2, 0.25) is 0 Å². The zero-order valence-electron chi connectivity index (χ0n) is 20.7. The molecule has 2 N–H and O–H groups in total. The summed E-state index contributed by atoms with van der Waals surface area (Å²) in [7, 11) is 1.76. The molecule has 1 unspecified atom stereocenters. The van der Waals surface area contributed by atoms with Crippen molar-refractivity contribution in [2.75, 3.05) is 31.6 Å². The van der Waals surface area contributed by atoms with E-state index < -0.39 is 0 Å². The summed E-state index contributed by atoms with van der Waals surface area (Å²) in [6.07, 6.45) is 3.10. The zero-order chi connectivity index (χ0) is 24.2. The van der Waals surface area contributed by atoms with Crippen molar-refractivity contribution < 1.29 is 4.74 Å². The van der Waals surface area contributed by atoms with Gasteiger partial charge in [0.25, 0.3) is 0 Å². The highest BCUT2D eigenvalue weighted by Crippen LogP contribution is 2.37. The third kappa shape index (κ3) is 4.87. The van der Waals surface area contributed by atoms with Crippen molar-refractivity contribution in [1.82, 2.24) is 9.97 Å². The summed E-state index contributed by atoms with van der Waals surface area (Å²) in [5.74, 6) is 3.70. The van der Waals surface area contributed by atoms with Crippen LogP contribution in [0.15, 0.2) is 72.8 Å². The van der Waals surface area contributed by atoms with E-state index in [1.807, 2.05) is 24.3 Å². The molecule has 0 amide bonds. The number of ether oxygens (including phenoxy) is 1. The van der Waals surface area contributed by atoms with E-state index in [9.17, 15) is 0 Å². The summed E-state index contributed by atoms with van der Waals surface area (Å²) in [4.78, 5) is 12.5. The molecule has 1 aliphatic heterocycles. The summed E-state index contributed by atoms with van der Waals surface area (Å²) < 4.78 is 5.64. The third-order valence-corrected chi connectivity index (χ3v) is 7.27. The molecule has 0 radical (unpaired) electrons. The molecule has 35 heavy (non-hydrogen) atoms. The summed E-state index contributed by atoms with van der Waals surface area (Å²) in [6.45, 7) is 4.83. The van der Waals surface area contributed by atoms with E-state index in [4.69, 9.17) is 20.4 Å². The summed E-state index contributed by atoms with van der Waals surface area (Å²) in [5.41, 5.74) is 10.5. The molecule has 1 atom stereocenters. The van der Waals surface area contributed by atoms with Crippen LogP contribution in [0.25, 0.3) is 22.3 Å². The molecule has 3 aromatic carbocycles. The second kappa shape index (κ2) is 10.4. The van der Waals surface area contributed by atoms with Gasteiger partial charge in [-0.2, -0.15) is 0 Å². The predicted octanol–water partition coefficient (Wildman–Crippen LogP) is 6.14. The highest BCUT2D eigenvalue weighted by atomic mass is 16.5. The van der Waals surface area contributed by atoms with Crippen LogP contribution in [-0.2, 0) is 0 Å². The van der Waals surface area contributed by atoms with Gasteiger partial charge in [-0.3, -0.25) is 0 Å². The summed E-state index contributed by atoms with van der Waals surface area (Å²) in [5, 5.41) is 1.13. The number of benzene rings is 3. The quantitative estimate of drug-likeness (QED) is 0.354. The van der Waals surface area contributed by atoms with Crippen LogP contribution < -0.4 is 15.4 Å². The van der Waals surface area contributed by atoms with Crippen LogP contribution in [-0.4, -0.2) is 36.7 Å². The third-order valence-electron chi connectivity index (χ3n) is 7.27. The fourth-order valence-corrected chi connectivity index (χ4v) is 5.22. The van der Waals surface area contributed by atoms with Gasteiger partial charge in [-0.25, -0.2) is 9.97 Å². The molecule has 5 rings (SSSR count). The molecule has 1 aliphatic rings. The van der Waals surface area contributed by atoms with E-state index >= 15 is 0 Å². The smallest absolute Gasteiger partial charge is 0.162 e. The molecule has 4 aromatic rings. The van der Waals surface area contributed by atoms with Crippen molar-refractivity contribution in [1.29, 1.82) is 0 Å². The van der Waals surface area contributed by atoms with Crippen LogP contribution in [0, 0.1) is 0 Å². The summed E-state index contributed by atoms with van der Waals surface area (Å²) >= 11 is 0. The number of methoxy groups -OCH3 is 1. The minimum absolute atomic E-state index is 0.405. The van der Waals surface area contributed by atoms with Crippen molar-refractivity contribution in [3.8, 4) is 17.1 Å². The molecule has 0 saturated carbocycles. The Morgan fingerprint density at radius 3 is 2.46 bits per heavy atom. The van der Waals surface area contributed by atoms with Crippen molar-refractivity contribution in [3.63, 3.8) is 0 Å². The van der Waals surface area contributed by atoms with Gasteiger partial charge >= 0.3 is 0 Å². The molecular formula is C30H34N4O. The Morgan fingerprint density at radius 2 is 1.71 bits per heavy atom. The molecule has 1 fully saturated rings. The van der Waals surface area contributed by atoms with E-state index in [0.29, 0.717) is 18.4 Å². The van der Waals surface area contributed by atoms with Crippen molar-refractivity contribution in [2.45, 2.75) is 38.0 Å². The van der Waals surface area contributed by atoms with E-state index in [2.05, 4.69) is 60.4 Å². The number of hydrogen-bond donors (Lipinski definition) is 1. The van der Waals surface area contributed by atoms with Gasteiger partial charge in [0.05, 0.1) is 12.6 Å². The lowest BCUT2D eigenvalue weighted by molar-refractivity contribution is 0.397. The van der Waals surface area contributed by atoms with Crippen molar-refractivity contribution >= 4 is 16.7 Å². The molecule has 0 aliphatic carbocycles. The molecule has 0 bridgehead atoms. The lowest BCUT2D eigenvalue weighted by Gasteiger charge is -2.34. The first-order valence-electron chi connectivity index (χ1n) is 12.6. The number of para-hydroxylation sites is 1. The monoisotopic (exact) mass is 466 g/mol. The lowest BCUT2D eigenvalue weighted by atomic mass is 9.88. The molecule has 180 valence electrons. The second-order valence-electron chi connectivity index (χ2n) is 9.50. The SMILES string of the molecule is COc1ccccc1C1CCN(c2nc(-c3ccccc3)nc3ccc(C(C)CCN)cc23)CC1. The Hall–Kier alpha value is -3.44. The van der Waals surface area contributed by atoms with Gasteiger partial charge in [0, 0.05) is 24.0 Å². The highest BCUT2D eigenvalue weighted by Gasteiger charge is 2.25. The van der Waals surface area contributed by atoms with Gasteiger partial charge in [-0.15, -0.1) is 0 Å². The molecule has 5 heteroatoms. The minimum atomic E-state index is 0.405. The van der Waals surface area contributed by atoms with Crippen molar-refractivity contribution in [2.24, 2.45) is 5.73 Å². The predicted molar refractivity (Wildman–Crippen MR) is 144 cm³/mol. The Bertz CT molecular complexity index is 1280. The number of aromatic nitrogens is 2. The first-order chi connectivity index (χ1) is 17.2. The highest BCUT2D eigenvalue weighted by molar-refractivity contribution is 5.91. The molecule has 5 nitrogen and oxygen atoms in total. The maximum atomic E-state index is 5.85. The van der Waals surface area contributed by atoms with E-state index in [-0.39, 0.29) is 0 Å². The van der Waals surface area contributed by atoms with Crippen molar-refractivity contribution in [3.05, 3.63) is 83.9 Å². The molecule has 2 heterocycles. The number of rotatable bonds is 7. The fourth-order valence-electron chi connectivity index (χ4n) is 5.22. The number of piperidine rings is 1. The van der Waals surface area contributed by atoms with Crippen LogP contribution in [0.5, 0.6) is 5.75 Å². The Kier molecular flexibility index (Phi) is 6.96. The van der Waals surface area contributed by atoms with Crippen LogP contribution in [0.1, 0.15) is 49.1 Å². The van der Waals surface area contributed by atoms with Gasteiger partial charge in [-0.1, -0.05) is 61.5 Å². The van der Waals surface area contributed by atoms with Gasteiger partial charge in [0.15, 0.2) is 5.82 Å². The summed E-state index contributed by atoms with van der Waals surface area (Å²) in [6, 6.07) is 25.3. The van der Waals surface area contributed by atoms with Gasteiger partial charge in [0.2, 0.25) is 0 Å². The van der Waals surface area contributed by atoms with Crippen LogP contribution in [0.4, 0.5) is 5.82 Å². The normalized spacial score (nSPS) is 15.3. The minimum Gasteiger partial charge on any atom is -0.496 e. The molecular weight excluding hydrogens is 432 g/mol. The Morgan fingerprint density at radius 1 is 0.971 bits per heavy atom. The maximum Gasteiger partial charge on any atom is 0.162 e. The fraction of sp³-hybridized carbons (Fsp3) is 0.333. The van der Waals surface area contributed by atoms with E-state index in [1.54, 1.807) is 7.11 Å². The molecule has 1 saturated heterocycles. The molecule has 1 aromatic heterocycles. The van der Waals surface area contributed by atoms with Crippen LogP contribution in [0.3, 0.4) is 0 Å². The number of anilines is 1. The maximum absolute atomic E-state index is 5.85. The van der Waals surface area contributed by atoms with Crippen LogP contribution >= 0.6 is 0 Å². The number of nitrogens with two attached hydrogens (primary N) is 1. The second-order valence-corrected chi connectivity index (χ2v) is 9.50. The average molecular weight is 467 g/mol. The Labute approximate surface area is 208 Å². The number of nitrogens with zero attached hydrogens (tertiary/aromatic N) is 3. The van der Waals surface area contributed by atoms with Gasteiger partial charge in [0.1, 0.15) is 11.6 Å². The average Bonchev–Trinajstić information content (AvgIpc) is 2.93. The first-order valence-corrected chi connectivity index (χ1v) is 12.6. The number of hydrogen-bond acceptors (Lipinski definition) is 5. The first kappa shape index (κ1) is 23.3. The largest absolute Gasteiger partial charge is 0.496 e. The van der Waals surface area contributed by atoms with Gasteiger partial charge in [-0.05, 0) is 67.0 Å². The lowest BCUT2D eigenvalue weighted by Crippen LogP contribution is -2.34. The topological polar surface area (TPSA) is 64.3 Å². The van der Waals surface area contributed by atoms with E-state index in [1.165, 1.54) is 11.1 Å². The Balaban J connectivity index is 1.51. The molecule has 0 spiro atoms. The zero-order valence-corrected chi connectivity index (χ0v) is 20.7. The number of fused-ring (bicyclic) bond motifs is 1. The standard InChI is InChI=1S/C30H34N4O/c1-21(14-17-31)24-12-13-27-26(20-24)30(33-29(32-27)23-8-4-3-5-9-23)34-18-15-22(16-19-34)25-10-6-7-11-28(25)35-2/h3-13,20-22H,14-19,31H2,1-2H3. The van der Waals surface area contributed by atoms with E-state index in [0.717, 1.165) is 66.2 Å².